The van der Waals surface area contributed by atoms with Crippen LogP contribution in [0.25, 0.3) is 0 Å². The Morgan fingerprint density at radius 3 is 3.04 bits per heavy atom. The van der Waals surface area contributed by atoms with E-state index in [1.165, 1.54) is 0 Å². The molecular weight excluding hydrogens is 358 g/mol. The van der Waals surface area contributed by atoms with Crippen molar-refractivity contribution < 1.29 is 4.79 Å². The number of hydrogen-bond donors (Lipinski definition) is 2. The first-order chi connectivity index (χ1) is 11.2. The number of halogens is 1. The minimum absolute atomic E-state index is 0.0173. The molecular formula is C16H16BrN5O. The van der Waals surface area contributed by atoms with Crippen molar-refractivity contribution in [3.8, 4) is 0 Å². The Balaban J connectivity index is 1.78. The zero-order valence-electron chi connectivity index (χ0n) is 12.6. The largest absolute Gasteiger partial charge is 0.331 e. The van der Waals surface area contributed by atoms with Gasteiger partial charge < -0.3 is 10.6 Å². The first-order valence-corrected chi connectivity index (χ1v) is 8.42. The van der Waals surface area contributed by atoms with Gasteiger partial charge in [-0.05, 0) is 30.2 Å². The molecule has 0 radical (unpaired) electrons. The van der Waals surface area contributed by atoms with E-state index in [0.29, 0.717) is 0 Å². The fraction of sp³-hybridized carbons (Fsp3) is 0.312. The maximum Gasteiger partial charge on any atom is 0.234 e. The number of carbonyl (C=O) groups excluding carboxylic acids is 1. The summed E-state index contributed by atoms with van der Waals surface area (Å²) in [6, 6.07) is 5.58. The third kappa shape index (κ3) is 2.26. The lowest BCUT2D eigenvalue weighted by molar-refractivity contribution is -0.117. The predicted octanol–water partition coefficient (Wildman–Crippen LogP) is 3.29. The van der Waals surface area contributed by atoms with Gasteiger partial charge >= 0.3 is 0 Å². The molecule has 0 aliphatic carbocycles. The van der Waals surface area contributed by atoms with Gasteiger partial charge in [-0.1, -0.05) is 22.9 Å². The molecule has 118 valence electrons. The van der Waals surface area contributed by atoms with Crippen molar-refractivity contribution in [2.24, 2.45) is 4.99 Å². The summed E-state index contributed by atoms with van der Waals surface area (Å²) in [6.45, 7) is 2.95. The summed E-state index contributed by atoms with van der Waals surface area (Å²) in [5.74, 6) is 0.582. The summed E-state index contributed by atoms with van der Waals surface area (Å²) >= 11 is 3.49. The molecule has 0 bridgehead atoms. The number of fused-ring (bicyclic) bond motifs is 2. The Morgan fingerprint density at radius 2 is 2.22 bits per heavy atom. The zero-order valence-corrected chi connectivity index (χ0v) is 14.2. The van der Waals surface area contributed by atoms with Gasteiger partial charge in [0.05, 0.1) is 24.5 Å². The van der Waals surface area contributed by atoms with Crippen molar-refractivity contribution in [1.29, 1.82) is 0 Å². The minimum Gasteiger partial charge on any atom is -0.331 e. The van der Waals surface area contributed by atoms with Crippen LogP contribution in [0, 0.1) is 0 Å². The molecule has 2 N–H and O–H groups in total. The van der Waals surface area contributed by atoms with Crippen molar-refractivity contribution >= 4 is 39.7 Å². The van der Waals surface area contributed by atoms with Crippen LogP contribution in [0.15, 0.2) is 33.9 Å². The number of carbonyl (C=O) groups is 1. The monoisotopic (exact) mass is 373 g/mol. The lowest BCUT2D eigenvalue weighted by atomic mass is 9.89. The van der Waals surface area contributed by atoms with Crippen LogP contribution in [-0.4, -0.2) is 22.0 Å². The van der Waals surface area contributed by atoms with Gasteiger partial charge in [0.25, 0.3) is 0 Å². The zero-order chi connectivity index (χ0) is 16.0. The van der Waals surface area contributed by atoms with Crippen molar-refractivity contribution in [1.82, 2.24) is 9.78 Å². The molecule has 0 saturated carbocycles. The summed E-state index contributed by atoms with van der Waals surface area (Å²) in [5.41, 5.74) is 2.80. The van der Waals surface area contributed by atoms with Crippen LogP contribution in [0.4, 0.5) is 11.5 Å². The normalized spacial score (nSPS) is 21.6. The highest BCUT2D eigenvalue weighted by molar-refractivity contribution is 9.10. The lowest BCUT2D eigenvalue weighted by Gasteiger charge is -2.23. The summed E-state index contributed by atoms with van der Waals surface area (Å²) in [5, 5.41) is 10.6. The number of aliphatic imine (C=N–C) groups is 1. The first kappa shape index (κ1) is 14.4. The third-order valence-electron chi connectivity index (χ3n) is 4.26. The number of aromatic nitrogens is 2. The minimum atomic E-state index is -0.334. The second kappa shape index (κ2) is 5.49. The molecule has 1 aromatic heterocycles. The summed E-state index contributed by atoms with van der Waals surface area (Å²) in [4.78, 5) is 17.1. The van der Waals surface area contributed by atoms with Crippen molar-refractivity contribution in [2.45, 2.75) is 31.8 Å². The van der Waals surface area contributed by atoms with Crippen LogP contribution in [0.3, 0.4) is 0 Å². The molecule has 7 heteroatoms. The van der Waals surface area contributed by atoms with Gasteiger partial charge in [0.1, 0.15) is 5.82 Å². The third-order valence-corrected chi connectivity index (χ3v) is 4.76. The van der Waals surface area contributed by atoms with Gasteiger partial charge in [0, 0.05) is 22.3 Å². The number of nitrogens with one attached hydrogen (secondary N) is 2. The van der Waals surface area contributed by atoms with Crippen LogP contribution in [0.2, 0.25) is 0 Å². The smallest absolute Gasteiger partial charge is 0.234 e. The van der Waals surface area contributed by atoms with Gasteiger partial charge in [0.15, 0.2) is 0 Å². The van der Waals surface area contributed by atoms with E-state index < -0.39 is 0 Å². The summed E-state index contributed by atoms with van der Waals surface area (Å²) in [7, 11) is 0. The second-order valence-electron chi connectivity index (χ2n) is 5.74. The molecule has 23 heavy (non-hydrogen) atoms. The fourth-order valence-corrected chi connectivity index (χ4v) is 3.63. The molecule has 0 spiro atoms. The maximum absolute atomic E-state index is 12.5. The number of hydrogen-bond acceptors (Lipinski definition) is 4. The highest BCUT2D eigenvalue weighted by atomic mass is 79.9. The molecule has 0 saturated heterocycles. The molecule has 2 aromatic rings. The molecule has 2 unspecified atom stereocenters. The number of aryl methyl sites for hydroxylation is 1. The average Bonchev–Trinajstić information content (AvgIpc) is 3.08. The van der Waals surface area contributed by atoms with E-state index in [9.17, 15) is 4.79 Å². The molecule has 2 aliphatic rings. The van der Waals surface area contributed by atoms with Gasteiger partial charge in [-0.25, -0.2) is 4.68 Å². The molecule has 3 heterocycles. The molecule has 6 nitrogen and oxygen atoms in total. The van der Waals surface area contributed by atoms with Crippen LogP contribution >= 0.6 is 15.9 Å². The Labute approximate surface area is 142 Å². The van der Waals surface area contributed by atoms with Crippen LogP contribution < -0.4 is 10.6 Å². The van der Waals surface area contributed by atoms with E-state index >= 15 is 0 Å². The van der Waals surface area contributed by atoms with Gasteiger partial charge in [-0.15, -0.1) is 0 Å². The van der Waals surface area contributed by atoms with Crippen molar-refractivity contribution in [2.75, 3.05) is 10.6 Å². The standard InChI is InChI=1S/C16H16BrN5O/c1-2-5-22-15-11(7-20-22)14(18-8-19-15)13-10-6-9(17)3-4-12(10)21-16(13)23/h3-4,6-8,13-14H,2,5H2,1H3,(H,18,19)(H,21,23). The number of amides is 1. The highest BCUT2D eigenvalue weighted by Crippen LogP contribution is 2.45. The lowest BCUT2D eigenvalue weighted by Crippen LogP contribution is -2.22. The summed E-state index contributed by atoms with van der Waals surface area (Å²) in [6.07, 6.45) is 4.49. The van der Waals surface area contributed by atoms with Gasteiger partial charge in [0.2, 0.25) is 5.91 Å². The fourth-order valence-electron chi connectivity index (χ4n) is 3.25. The first-order valence-electron chi connectivity index (χ1n) is 7.63. The predicted molar refractivity (Wildman–Crippen MR) is 92.9 cm³/mol. The SMILES string of the molecule is CCCn1ncc2c1NC=NC2C1C(=O)Nc2ccc(Br)cc21. The summed E-state index contributed by atoms with van der Waals surface area (Å²) < 4.78 is 2.89. The highest BCUT2D eigenvalue weighted by Gasteiger charge is 2.40. The second-order valence-corrected chi connectivity index (χ2v) is 6.65. The number of anilines is 2. The van der Waals surface area contributed by atoms with E-state index in [1.54, 1.807) is 6.34 Å². The molecule has 1 aromatic carbocycles. The number of nitrogens with zero attached hydrogens (tertiary/aromatic N) is 3. The van der Waals surface area contributed by atoms with Crippen LogP contribution in [0.5, 0.6) is 0 Å². The number of rotatable bonds is 3. The van der Waals surface area contributed by atoms with E-state index in [1.807, 2.05) is 29.1 Å². The molecule has 2 aliphatic heterocycles. The number of benzene rings is 1. The quantitative estimate of drug-likeness (QED) is 0.866. The molecule has 0 fully saturated rings. The van der Waals surface area contributed by atoms with Crippen LogP contribution in [-0.2, 0) is 11.3 Å². The van der Waals surface area contributed by atoms with Crippen molar-refractivity contribution in [3.05, 3.63) is 40.0 Å². The Morgan fingerprint density at radius 1 is 1.35 bits per heavy atom. The average molecular weight is 374 g/mol. The van der Waals surface area contributed by atoms with Crippen LogP contribution in [0.1, 0.15) is 36.4 Å². The topological polar surface area (TPSA) is 71.3 Å². The van der Waals surface area contributed by atoms with E-state index in [2.05, 4.69) is 43.6 Å². The van der Waals surface area contributed by atoms with E-state index in [-0.39, 0.29) is 17.9 Å². The van der Waals surface area contributed by atoms with Gasteiger partial charge in [-0.2, -0.15) is 5.10 Å². The van der Waals surface area contributed by atoms with Crippen molar-refractivity contribution in [3.63, 3.8) is 0 Å². The molecule has 2 atom stereocenters. The Hall–Kier alpha value is -2.15. The Bertz CT molecular complexity index is 813. The molecule has 4 rings (SSSR count). The molecule has 1 amide bonds. The maximum atomic E-state index is 12.5. The van der Waals surface area contributed by atoms with E-state index in [4.69, 9.17) is 0 Å². The Kier molecular flexibility index (Phi) is 3.45. The van der Waals surface area contributed by atoms with Gasteiger partial charge in [-0.3, -0.25) is 9.79 Å². The van der Waals surface area contributed by atoms with E-state index in [0.717, 1.165) is 40.1 Å².